The van der Waals surface area contributed by atoms with Crippen molar-refractivity contribution in [3.8, 4) is 5.69 Å². The first-order valence-corrected chi connectivity index (χ1v) is 16.0. The third kappa shape index (κ3) is 4.42. The lowest BCUT2D eigenvalue weighted by molar-refractivity contribution is 0.787. The van der Waals surface area contributed by atoms with Crippen LogP contribution in [0, 0.1) is 0 Å². The topological polar surface area (TPSA) is 8.17 Å². The van der Waals surface area contributed by atoms with Crippen LogP contribution in [0.2, 0.25) is 0 Å². The average Bonchev–Trinajstić information content (AvgIpc) is 3.47. The number of hydrogen-bond donors (Lipinski definition) is 0. The van der Waals surface area contributed by atoms with Crippen molar-refractivity contribution in [2.24, 2.45) is 0 Å². The lowest BCUT2D eigenvalue weighted by Crippen LogP contribution is -2.30. The average molecular weight is 589 g/mol. The molecular weight excluding hydrogens is 556 g/mol. The fourth-order valence-electron chi connectivity index (χ4n) is 7.28. The SMILES string of the molecule is C1=CC(N(c2ccccc2)c2ccc3c(ccc4c5ccccc5n(-c5ccccc5)c34)c2)CC=C1c1ccc2ccccc2c1. The second-order valence-corrected chi connectivity index (χ2v) is 12.1. The summed E-state index contributed by atoms with van der Waals surface area (Å²) in [4.78, 5) is 2.49. The van der Waals surface area contributed by atoms with Gasteiger partial charge in [-0.15, -0.1) is 0 Å². The predicted octanol–water partition coefficient (Wildman–Crippen LogP) is 11.6. The van der Waals surface area contributed by atoms with Crippen molar-refractivity contribution >= 4 is 60.3 Å². The Morgan fingerprint density at radius 1 is 0.522 bits per heavy atom. The molecule has 1 aromatic heterocycles. The molecule has 0 saturated heterocycles. The number of rotatable bonds is 5. The van der Waals surface area contributed by atoms with E-state index in [0.717, 1.165) is 6.42 Å². The molecule has 1 atom stereocenters. The van der Waals surface area contributed by atoms with Gasteiger partial charge in [0.1, 0.15) is 0 Å². The largest absolute Gasteiger partial charge is 0.334 e. The summed E-state index contributed by atoms with van der Waals surface area (Å²) in [6, 6.07) is 57.4. The van der Waals surface area contributed by atoms with Crippen molar-refractivity contribution in [1.29, 1.82) is 0 Å². The van der Waals surface area contributed by atoms with Crippen molar-refractivity contribution in [3.63, 3.8) is 0 Å². The zero-order valence-corrected chi connectivity index (χ0v) is 25.4. The summed E-state index contributed by atoms with van der Waals surface area (Å²) < 4.78 is 2.42. The minimum absolute atomic E-state index is 0.198. The van der Waals surface area contributed by atoms with Gasteiger partial charge in [-0.25, -0.2) is 0 Å². The van der Waals surface area contributed by atoms with Crippen molar-refractivity contribution in [3.05, 3.63) is 182 Å². The van der Waals surface area contributed by atoms with Gasteiger partial charge >= 0.3 is 0 Å². The summed E-state index contributed by atoms with van der Waals surface area (Å²) in [5.41, 5.74) is 8.59. The number of nitrogens with zero attached hydrogens (tertiary/aromatic N) is 2. The lowest BCUT2D eigenvalue weighted by atomic mass is 9.94. The van der Waals surface area contributed by atoms with E-state index in [1.807, 2.05) is 0 Å². The van der Waals surface area contributed by atoms with Gasteiger partial charge in [-0.3, -0.25) is 0 Å². The molecule has 0 saturated carbocycles. The van der Waals surface area contributed by atoms with Gasteiger partial charge < -0.3 is 9.47 Å². The first kappa shape index (κ1) is 26.5. The zero-order valence-electron chi connectivity index (χ0n) is 25.4. The molecule has 0 spiro atoms. The molecule has 0 amide bonds. The Morgan fingerprint density at radius 2 is 1.24 bits per heavy atom. The van der Waals surface area contributed by atoms with Crippen LogP contribution in [0.15, 0.2) is 176 Å². The Labute approximate surface area is 268 Å². The van der Waals surface area contributed by atoms with Gasteiger partial charge in [0.25, 0.3) is 0 Å². The van der Waals surface area contributed by atoms with Gasteiger partial charge in [-0.1, -0.05) is 127 Å². The maximum Gasteiger partial charge on any atom is 0.0619 e. The van der Waals surface area contributed by atoms with Crippen molar-refractivity contribution in [1.82, 2.24) is 4.57 Å². The molecule has 1 heterocycles. The molecule has 2 nitrogen and oxygen atoms in total. The van der Waals surface area contributed by atoms with E-state index < -0.39 is 0 Å². The molecule has 1 unspecified atom stereocenters. The molecule has 9 rings (SSSR count). The molecule has 46 heavy (non-hydrogen) atoms. The number of fused-ring (bicyclic) bond motifs is 6. The van der Waals surface area contributed by atoms with E-state index in [-0.39, 0.29) is 6.04 Å². The molecule has 1 aliphatic rings. The quantitative estimate of drug-likeness (QED) is 0.194. The highest BCUT2D eigenvalue weighted by Crippen LogP contribution is 2.40. The molecular formula is C44H32N2. The number of hydrogen-bond acceptors (Lipinski definition) is 1. The smallest absolute Gasteiger partial charge is 0.0619 e. The third-order valence-corrected chi connectivity index (χ3v) is 9.45. The molecule has 0 aliphatic heterocycles. The first-order chi connectivity index (χ1) is 22.8. The lowest BCUT2D eigenvalue weighted by Gasteiger charge is -2.33. The number of para-hydroxylation sites is 3. The van der Waals surface area contributed by atoms with Crippen molar-refractivity contribution in [2.45, 2.75) is 12.5 Å². The maximum atomic E-state index is 2.49. The summed E-state index contributed by atoms with van der Waals surface area (Å²) in [5, 5.41) is 7.60. The zero-order chi connectivity index (χ0) is 30.5. The van der Waals surface area contributed by atoms with E-state index in [1.54, 1.807) is 0 Å². The highest BCUT2D eigenvalue weighted by molar-refractivity contribution is 6.19. The van der Waals surface area contributed by atoms with Crippen molar-refractivity contribution in [2.75, 3.05) is 4.90 Å². The monoisotopic (exact) mass is 588 g/mol. The summed E-state index contributed by atoms with van der Waals surface area (Å²) in [6.07, 6.45) is 8.00. The Morgan fingerprint density at radius 3 is 2.07 bits per heavy atom. The van der Waals surface area contributed by atoms with E-state index in [1.165, 1.54) is 71.5 Å². The Balaban J connectivity index is 1.15. The van der Waals surface area contributed by atoms with Gasteiger partial charge in [0.2, 0.25) is 0 Å². The van der Waals surface area contributed by atoms with Crippen LogP contribution in [0.1, 0.15) is 12.0 Å². The van der Waals surface area contributed by atoms with E-state index in [4.69, 9.17) is 0 Å². The van der Waals surface area contributed by atoms with Gasteiger partial charge in [0.05, 0.1) is 17.1 Å². The molecule has 218 valence electrons. The Hall–Kier alpha value is -5.86. The van der Waals surface area contributed by atoms with Gasteiger partial charge in [-0.05, 0) is 82.2 Å². The standard InChI is InChI=1S/C44H32N2/c1-3-13-36(14-4-1)45(38-24-21-32(22-25-38)34-20-19-31-11-7-8-12-33(31)29-34)39-26-28-40-35(30-39)23-27-42-41-17-9-10-18-43(41)46(44(40)42)37-15-5-2-6-16-37/h1-24,26-30,38H,25H2. The summed E-state index contributed by atoms with van der Waals surface area (Å²) in [6.45, 7) is 0. The van der Waals surface area contributed by atoms with E-state index in [2.05, 4.69) is 185 Å². The molecule has 0 N–H and O–H groups in total. The summed E-state index contributed by atoms with van der Waals surface area (Å²) in [7, 11) is 0. The number of aromatic nitrogens is 1. The van der Waals surface area contributed by atoms with E-state index in [9.17, 15) is 0 Å². The molecule has 2 heteroatoms. The van der Waals surface area contributed by atoms with Gasteiger partial charge in [0.15, 0.2) is 0 Å². The normalized spacial score (nSPS) is 14.7. The fourth-order valence-corrected chi connectivity index (χ4v) is 7.28. The van der Waals surface area contributed by atoms with Crippen LogP contribution in [0.3, 0.4) is 0 Å². The molecule has 0 radical (unpaired) electrons. The second kappa shape index (κ2) is 10.9. The number of benzene rings is 7. The maximum absolute atomic E-state index is 2.49. The van der Waals surface area contributed by atoms with Crippen LogP contribution in [0.25, 0.3) is 54.6 Å². The van der Waals surface area contributed by atoms with Crippen LogP contribution < -0.4 is 4.90 Å². The molecule has 8 aromatic rings. The van der Waals surface area contributed by atoms with Crippen LogP contribution in [-0.2, 0) is 0 Å². The van der Waals surface area contributed by atoms with E-state index in [0.29, 0.717) is 0 Å². The summed E-state index contributed by atoms with van der Waals surface area (Å²) in [5.74, 6) is 0. The number of anilines is 2. The van der Waals surface area contributed by atoms with Crippen LogP contribution in [-0.4, -0.2) is 10.6 Å². The van der Waals surface area contributed by atoms with Gasteiger partial charge in [0, 0.05) is 33.2 Å². The third-order valence-electron chi connectivity index (χ3n) is 9.45. The minimum Gasteiger partial charge on any atom is -0.334 e. The van der Waals surface area contributed by atoms with Crippen molar-refractivity contribution < 1.29 is 0 Å². The van der Waals surface area contributed by atoms with Crippen LogP contribution >= 0.6 is 0 Å². The second-order valence-electron chi connectivity index (χ2n) is 12.1. The minimum atomic E-state index is 0.198. The summed E-state index contributed by atoms with van der Waals surface area (Å²) >= 11 is 0. The first-order valence-electron chi connectivity index (χ1n) is 16.0. The van der Waals surface area contributed by atoms with Gasteiger partial charge in [-0.2, -0.15) is 0 Å². The Bertz CT molecular complexity index is 2450. The predicted molar refractivity (Wildman–Crippen MR) is 196 cm³/mol. The molecule has 0 bridgehead atoms. The molecule has 1 aliphatic carbocycles. The molecule has 7 aromatic carbocycles. The highest BCUT2D eigenvalue weighted by Gasteiger charge is 2.22. The Kier molecular flexibility index (Phi) is 6.31. The van der Waals surface area contributed by atoms with E-state index >= 15 is 0 Å². The van der Waals surface area contributed by atoms with Crippen LogP contribution in [0.5, 0.6) is 0 Å². The highest BCUT2D eigenvalue weighted by atomic mass is 15.2. The fraction of sp³-hybridized carbons (Fsp3) is 0.0455. The molecule has 0 fully saturated rings. The van der Waals surface area contributed by atoms with Crippen LogP contribution in [0.4, 0.5) is 11.4 Å². The number of allylic oxidation sites excluding steroid dienone is 2.